The van der Waals surface area contributed by atoms with E-state index in [1.54, 1.807) is 34.9 Å². The summed E-state index contributed by atoms with van der Waals surface area (Å²) >= 11 is 6.16. The predicted octanol–water partition coefficient (Wildman–Crippen LogP) is 4.47. The monoisotopic (exact) mass is 505 g/mol. The van der Waals surface area contributed by atoms with Crippen molar-refractivity contribution in [2.45, 2.75) is 29.9 Å². The van der Waals surface area contributed by atoms with E-state index in [0.717, 1.165) is 11.1 Å². The van der Waals surface area contributed by atoms with Crippen molar-refractivity contribution < 1.29 is 27.0 Å². The second-order valence-electron chi connectivity index (χ2n) is 7.96. The summed E-state index contributed by atoms with van der Waals surface area (Å²) < 4.78 is 55.7. The van der Waals surface area contributed by atoms with Gasteiger partial charge in [-0.25, -0.2) is 18.5 Å². The van der Waals surface area contributed by atoms with Crippen LogP contribution in [0.15, 0.2) is 65.7 Å². The summed E-state index contributed by atoms with van der Waals surface area (Å²) in [6.45, 7) is -3.01. The first kappa shape index (κ1) is 22.7. The van der Waals surface area contributed by atoms with Gasteiger partial charge in [-0.2, -0.15) is 8.78 Å². The zero-order chi connectivity index (χ0) is 24.2. The van der Waals surface area contributed by atoms with Crippen LogP contribution >= 0.6 is 11.6 Å². The molecule has 7 nitrogen and oxygen atoms in total. The summed E-state index contributed by atoms with van der Waals surface area (Å²) in [5.41, 5.74) is 3.58. The van der Waals surface area contributed by atoms with Gasteiger partial charge in [0.2, 0.25) is 10.0 Å². The number of sulfonamides is 1. The van der Waals surface area contributed by atoms with Crippen molar-refractivity contribution in [3.05, 3.63) is 82.8 Å². The molecule has 0 saturated carbocycles. The fourth-order valence-electron chi connectivity index (χ4n) is 4.40. The molecular formula is C23H18ClF2N3O4S. The molecule has 0 amide bonds. The van der Waals surface area contributed by atoms with E-state index >= 15 is 0 Å². The first-order chi connectivity index (χ1) is 16.1. The Morgan fingerprint density at radius 1 is 1.12 bits per heavy atom. The summed E-state index contributed by atoms with van der Waals surface area (Å²) in [4.78, 5) is 4.54. The molecule has 0 aliphatic heterocycles. The van der Waals surface area contributed by atoms with Crippen LogP contribution in [0.4, 0.5) is 8.78 Å². The lowest BCUT2D eigenvalue weighted by atomic mass is 9.95. The Morgan fingerprint density at radius 3 is 2.50 bits per heavy atom. The third kappa shape index (κ3) is 4.03. The van der Waals surface area contributed by atoms with Crippen molar-refractivity contribution in [3.8, 4) is 16.9 Å². The maximum Gasteiger partial charge on any atom is 0.387 e. The number of aliphatic hydroxyl groups is 1. The van der Waals surface area contributed by atoms with Gasteiger partial charge in [0.05, 0.1) is 22.4 Å². The van der Waals surface area contributed by atoms with Crippen LogP contribution in [0.1, 0.15) is 35.4 Å². The van der Waals surface area contributed by atoms with Gasteiger partial charge in [0, 0.05) is 22.7 Å². The fraction of sp³-hybridized carbons (Fsp3) is 0.174. The third-order valence-electron chi connectivity index (χ3n) is 5.87. The van der Waals surface area contributed by atoms with Crippen molar-refractivity contribution in [3.63, 3.8) is 0 Å². The summed E-state index contributed by atoms with van der Waals surface area (Å²) in [6.07, 6.45) is 1.14. The number of alkyl halides is 2. The van der Waals surface area contributed by atoms with Crippen molar-refractivity contribution >= 4 is 27.3 Å². The molecular weight excluding hydrogens is 488 g/mol. The first-order valence-electron chi connectivity index (χ1n) is 10.2. The lowest BCUT2D eigenvalue weighted by molar-refractivity contribution is -0.0506. The number of pyridine rings is 1. The number of fused-ring (bicyclic) bond motifs is 3. The summed E-state index contributed by atoms with van der Waals surface area (Å²) in [5, 5.41) is 16.2. The molecule has 0 bridgehead atoms. The highest BCUT2D eigenvalue weighted by atomic mass is 35.5. The molecule has 11 heteroatoms. The van der Waals surface area contributed by atoms with Gasteiger partial charge >= 0.3 is 6.61 Å². The molecule has 4 aromatic rings. The molecule has 2 aromatic heterocycles. The zero-order valence-electron chi connectivity index (χ0n) is 17.4. The van der Waals surface area contributed by atoms with Crippen LogP contribution in [0.3, 0.4) is 0 Å². The molecule has 2 heterocycles. The molecule has 0 saturated heterocycles. The van der Waals surface area contributed by atoms with Crippen molar-refractivity contribution in [1.82, 2.24) is 9.38 Å². The highest BCUT2D eigenvalue weighted by molar-refractivity contribution is 7.89. The van der Waals surface area contributed by atoms with Gasteiger partial charge in [-0.05, 0) is 60.0 Å². The number of imidazole rings is 1. The number of aliphatic hydroxyl groups excluding tert-OH is 1. The molecule has 176 valence electrons. The molecule has 0 unspecified atom stereocenters. The van der Waals surface area contributed by atoms with E-state index in [2.05, 4.69) is 4.98 Å². The molecule has 3 N–H and O–H groups in total. The van der Waals surface area contributed by atoms with E-state index in [-0.39, 0.29) is 17.1 Å². The number of ether oxygens (including phenoxy) is 1. The van der Waals surface area contributed by atoms with Gasteiger partial charge in [0.1, 0.15) is 11.4 Å². The van der Waals surface area contributed by atoms with E-state index in [1.807, 2.05) is 6.07 Å². The summed E-state index contributed by atoms with van der Waals surface area (Å²) in [7, 11) is -3.81. The summed E-state index contributed by atoms with van der Waals surface area (Å²) in [5.74, 6) is -0.512. The van der Waals surface area contributed by atoms with Crippen molar-refractivity contribution in [2.75, 3.05) is 0 Å². The third-order valence-corrected chi connectivity index (χ3v) is 7.03. The highest BCUT2D eigenvalue weighted by Crippen LogP contribution is 2.47. The number of nitrogens with zero attached hydrogens (tertiary/aromatic N) is 2. The van der Waals surface area contributed by atoms with E-state index in [0.29, 0.717) is 27.6 Å². The molecule has 5 rings (SSSR count). The fourth-order valence-corrected chi connectivity index (χ4v) is 5.09. The Bertz CT molecular complexity index is 1510. The molecule has 0 fully saturated rings. The van der Waals surface area contributed by atoms with Gasteiger partial charge in [-0.3, -0.25) is 0 Å². The smallest absolute Gasteiger partial charge is 0.387 e. The number of hydrogen-bond donors (Lipinski definition) is 2. The molecule has 1 aliphatic rings. The Kier molecular flexibility index (Phi) is 5.56. The van der Waals surface area contributed by atoms with Crippen LogP contribution in [0.2, 0.25) is 5.02 Å². The van der Waals surface area contributed by atoms with Gasteiger partial charge < -0.3 is 14.2 Å². The van der Waals surface area contributed by atoms with E-state index in [4.69, 9.17) is 21.5 Å². The van der Waals surface area contributed by atoms with E-state index in [1.165, 1.54) is 24.3 Å². The topological polar surface area (TPSA) is 107 Å². The minimum Gasteiger partial charge on any atom is -0.435 e. The normalized spacial score (nSPS) is 17.9. The van der Waals surface area contributed by atoms with Gasteiger partial charge in [0.15, 0.2) is 0 Å². The largest absolute Gasteiger partial charge is 0.435 e. The van der Waals surface area contributed by atoms with Gasteiger partial charge in [-0.15, -0.1) is 0 Å². The average Bonchev–Trinajstić information content (AvgIpc) is 3.31. The van der Waals surface area contributed by atoms with Crippen LogP contribution < -0.4 is 9.88 Å². The van der Waals surface area contributed by atoms with Crippen LogP contribution in [0.5, 0.6) is 5.75 Å². The Labute approximate surface area is 198 Å². The molecule has 2 aromatic carbocycles. The number of hydrogen-bond acceptors (Lipinski definition) is 5. The SMILES string of the molecule is NS(=O)(=O)c1ccc(-c2ccc3nc4c(n3c2)[C@@H](c2cc(Cl)ccc2OC(F)F)C[C@H]4O)cc1. The Hall–Kier alpha value is -3.05. The van der Waals surface area contributed by atoms with Crippen LogP contribution in [0.25, 0.3) is 16.8 Å². The minimum atomic E-state index is -3.81. The van der Waals surface area contributed by atoms with Crippen molar-refractivity contribution in [1.29, 1.82) is 0 Å². The van der Waals surface area contributed by atoms with Crippen LogP contribution in [0, 0.1) is 0 Å². The lowest BCUT2D eigenvalue weighted by Gasteiger charge is -2.18. The Morgan fingerprint density at radius 2 is 1.82 bits per heavy atom. The van der Waals surface area contributed by atoms with Crippen molar-refractivity contribution in [2.24, 2.45) is 5.14 Å². The minimum absolute atomic E-state index is 0.00319. The van der Waals surface area contributed by atoms with Crippen LogP contribution in [-0.2, 0) is 10.0 Å². The first-order valence-corrected chi connectivity index (χ1v) is 12.1. The second-order valence-corrected chi connectivity index (χ2v) is 9.96. The molecule has 0 radical (unpaired) electrons. The second kappa shape index (κ2) is 8.31. The number of nitrogens with two attached hydrogens (primary N) is 1. The zero-order valence-corrected chi connectivity index (χ0v) is 19.0. The lowest BCUT2D eigenvalue weighted by Crippen LogP contribution is -2.11. The Balaban J connectivity index is 1.63. The van der Waals surface area contributed by atoms with E-state index < -0.39 is 28.7 Å². The highest BCUT2D eigenvalue weighted by Gasteiger charge is 2.37. The number of rotatable bonds is 5. The number of benzene rings is 2. The van der Waals surface area contributed by atoms with Crippen LogP contribution in [-0.4, -0.2) is 29.5 Å². The standard InChI is InChI=1S/C23H18ClF2N3O4S/c24-14-4-7-19(33-23(25)26)16(9-14)17-10-18(30)21-22(17)29-11-13(3-8-20(29)28-21)12-1-5-15(6-2-12)34(27,31)32/h1-9,11,17-18,23,30H,10H2,(H2,27,31,32)/t17-,18-/m1/s1. The molecule has 1 aliphatic carbocycles. The molecule has 0 spiro atoms. The molecule has 34 heavy (non-hydrogen) atoms. The maximum atomic E-state index is 13.0. The van der Waals surface area contributed by atoms with Gasteiger partial charge in [-0.1, -0.05) is 23.7 Å². The maximum absolute atomic E-state index is 13.0. The molecule has 2 atom stereocenters. The number of aromatic nitrogens is 2. The summed E-state index contributed by atoms with van der Waals surface area (Å²) in [6, 6.07) is 14.1. The number of primary sulfonamides is 1. The quantitative estimate of drug-likeness (QED) is 0.416. The van der Waals surface area contributed by atoms with Gasteiger partial charge in [0.25, 0.3) is 0 Å². The predicted molar refractivity (Wildman–Crippen MR) is 122 cm³/mol. The average molecular weight is 506 g/mol. The van der Waals surface area contributed by atoms with E-state index in [9.17, 15) is 22.3 Å². The number of halogens is 3.